The molecule has 1 heterocycles. The molecule has 0 aliphatic heterocycles. The second-order valence-corrected chi connectivity index (χ2v) is 3.90. The summed E-state index contributed by atoms with van der Waals surface area (Å²) in [4.78, 5) is 25.8. The average molecular weight is 240 g/mol. The summed E-state index contributed by atoms with van der Waals surface area (Å²) in [5.41, 5.74) is 0.123. The topological polar surface area (TPSA) is 79.3 Å². The maximum Gasteiger partial charge on any atom is 0.326 e. The Morgan fingerprint density at radius 2 is 2.06 bits per heavy atom. The van der Waals surface area contributed by atoms with Gasteiger partial charge in [-0.05, 0) is 18.1 Å². The highest BCUT2D eigenvalue weighted by Crippen LogP contribution is 2.05. The van der Waals surface area contributed by atoms with Crippen LogP contribution in [0.3, 0.4) is 0 Å². The first kappa shape index (κ1) is 13.1. The number of carbonyl (C=O) groups excluding carboxylic acids is 1. The minimum Gasteiger partial charge on any atom is -0.480 e. The first-order valence-electron chi connectivity index (χ1n) is 5.07. The van der Waals surface area contributed by atoms with Crippen molar-refractivity contribution in [3.8, 4) is 0 Å². The molecule has 0 saturated carbocycles. The van der Waals surface area contributed by atoms with Gasteiger partial charge in [0.2, 0.25) is 5.95 Å². The van der Waals surface area contributed by atoms with Crippen LogP contribution in [0.25, 0.3) is 0 Å². The summed E-state index contributed by atoms with van der Waals surface area (Å²) in [6.45, 7) is 3.37. The highest BCUT2D eigenvalue weighted by molar-refractivity contribution is 5.96. The third kappa shape index (κ3) is 3.51. The molecule has 0 unspecified atom stereocenters. The van der Waals surface area contributed by atoms with E-state index in [9.17, 15) is 14.0 Å². The second kappa shape index (κ2) is 5.38. The number of aliphatic carboxylic acids is 1. The van der Waals surface area contributed by atoms with Crippen LogP contribution in [-0.2, 0) is 4.79 Å². The lowest BCUT2D eigenvalue weighted by Gasteiger charge is -2.17. The standard InChI is InChI=1S/C11H13FN2O3/c1-6(2)9(11(16)17)14-10(15)7-3-4-8(12)13-5-7/h3-6,9H,1-2H3,(H,14,15)(H,16,17)/t9-/m1/s1. The van der Waals surface area contributed by atoms with Crippen LogP contribution in [0.4, 0.5) is 4.39 Å². The highest BCUT2D eigenvalue weighted by Gasteiger charge is 2.23. The lowest BCUT2D eigenvalue weighted by molar-refractivity contribution is -0.140. The van der Waals surface area contributed by atoms with Gasteiger partial charge in [-0.1, -0.05) is 13.8 Å². The smallest absolute Gasteiger partial charge is 0.326 e. The molecule has 0 bridgehead atoms. The Morgan fingerprint density at radius 3 is 2.47 bits per heavy atom. The van der Waals surface area contributed by atoms with Gasteiger partial charge in [-0.15, -0.1) is 0 Å². The Labute approximate surface area is 97.7 Å². The van der Waals surface area contributed by atoms with E-state index in [4.69, 9.17) is 5.11 Å². The maximum absolute atomic E-state index is 12.5. The van der Waals surface area contributed by atoms with Gasteiger partial charge in [0.05, 0.1) is 5.56 Å². The Bertz CT molecular complexity index is 417. The van der Waals surface area contributed by atoms with E-state index in [1.807, 2.05) is 0 Å². The van der Waals surface area contributed by atoms with E-state index in [0.29, 0.717) is 0 Å². The van der Waals surface area contributed by atoms with Crippen molar-refractivity contribution in [3.63, 3.8) is 0 Å². The van der Waals surface area contributed by atoms with E-state index in [-0.39, 0.29) is 11.5 Å². The van der Waals surface area contributed by atoms with Crippen molar-refractivity contribution in [2.45, 2.75) is 19.9 Å². The van der Waals surface area contributed by atoms with Crippen LogP contribution in [0.2, 0.25) is 0 Å². The number of amides is 1. The predicted octanol–water partition coefficient (Wildman–Crippen LogP) is 1.06. The SMILES string of the molecule is CC(C)[C@@H](NC(=O)c1ccc(F)nc1)C(=O)O. The van der Waals surface area contributed by atoms with Gasteiger partial charge in [0.1, 0.15) is 6.04 Å². The molecular weight excluding hydrogens is 227 g/mol. The van der Waals surface area contributed by atoms with Crippen LogP contribution in [0, 0.1) is 11.9 Å². The molecule has 0 aromatic carbocycles. The minimum atomic E-state index is -1.11. The van der Waals surface area contributed by atoms with Crippen LogP contribution in [-0.4, -0.2) is 28.0 Å². The molecule has 1 aromatic rings. The van der Waals surface area contributed by atoms with Crippen molar-refractivity contribution in [1.29, 1.82) is 0 Å². The van der Waals surface area contributed by atoms with Gasteiger partial charge in [0, 0.05) is 6.20 Å². The molecule has 17 heavy (non-hydrogen) atoms. The van der Waals surface area contributed by atoms with E-state index in [0.717, 1.165) is 12.3 Å². The molecule has 0 aliphatic carbocycles. The molecule has 0 spiro atoms. The zero-order valence-corrected chi connectivity index (χ0v) is 9.48. The van der Waals surface area contributed by atoms with Gasteiger partial charge < -0.3 is 10.4 Å². The quantitative estimate of drug-likeness (QED) is 0.771. The average Bonchev–Trinajstić information content (AvgIpc) is 2.25. The monoisotopic (exact) mass is 240 g/mol. The summed E-state index contributed by atoms with van der Waals surface area (Å²) >= 11 is 0. The number of hydrogen-bond acceptors (Lipinski definition) is 3. The maximum atomic E-state index is 12.5. The number of rotatable bonds is 4. The molecule has 1 atom stereocenters. The van der Waals surface area contributed by atoms with Crippen LogP contribution in [0.1, 0.15) is 24.2 Å². The first-order chi connectivity index (χ1) is 7.91. The van der Waals surface area contributed by atoms with Crippen molar-refractivity contribution in [2.24, 2.45) is 5.92 Å². The number of nitrogens with one attached hydrogen (secondary N) is 1. The Balaban J connectivity index is 2.77. The molecule has 92 valence electrons. The zero-order valence-electron chi connectivity index (χ0n) is 9.48. The number of carboxylic acids is 1. The lowest BCUT2D eigenvalue weighted by atomic mass is 10.0. The summed E-state index contributed by atoms with van der Waals surface area (Å²) in [7, 11) is 0. The largest absolute Gasteiger partial charge is 0.480 e. The third-order valence-corrected chi connectivity index (χ3v) is 2.21. The summed E-state index contributed by atoms with van der Waals surface area (Å²) in [5, 5.41) is 11.2. The Morgan fingerprint density at radius 1 is 1.41 bits per heavy atom. The lowest BCUT2D eigenvalue weighted by Crippen LogP contribution is -2.44. The van der Waals surface area contributed by atoms with Crippen molar-refractivity contribution in [2.75, 3.05) is 0 Å². The number of carboxylic acid groups (broad SMARTS) is 1. The number of halogens is 1. The fourth-order valence-corrected chi connectivity index (χ4v) is 1.25. The molecule has 1 aromatic heterocycles. The minimum absolute atomic E-state index is 0.123. The van der Waals surface area contributed by atoms with Crippen LogP contribution in [0.5, 0.6) is 0 Å². The molecule has 0 aliphatic rings. The normalized spacial score (nSPS) is 12.2. The van der Waals surface area contributed by atoms with Gasteiger partial charge in [-0.2, -0.15) is 4.39 Å². The molecule has 6 heteroatoms. The van der Waals surface area contributed by atoms with E-state index >= 15 is 0 Å². The number of aromatic nitrogens is 1. The fourth-order valence-electron chi connectivity index (χ4n) is 1.25. The molecule has 2 N–H and O–H groups in total. The Hall–Kier alpha value is -1.98. The van der Waals surface area contributed by atoms with E-state index < -0.39 is 23.9 Å². The molecular formula is C11H13FN2O3. The van der Waals surface area contributed by atoms with Gasteiger partial charge in [0.15, 0.2) is 0 Å². The summed E-state index contributed by atoms with van der Waals surface area (Å²) in [6, 6.07) is 1.31. The second-order valence-electron chi connectivity index (χ2n) is 3.90. The van der Waals surface area contributed by atoms with Crippen LogP contribution in [0.15, 0.2) is 18.3 Å². The Kier molecular flexibility index (Phi) is 4.14. The summed E-state index contributed by atoms with van der Waals surface area (Å²) in [5.74, 6) is -2.63. The summed E-state index contributed by atoms with van der Waals surface area (Å²) < 4.78 is 12.5. The third-order valence-electron chi connectivity index (χ3n) is 2.21. The molecule has 0 fully saturated rings. The van der Waals surface area contributed by atoms with Gasteiger partial charge in [0.25, 0.3) is 5.91 Å². The number of carbonyl (C=O) groups is 2. The molecule has 5 nitrogen and oxygen atoms in total. The summed E-state index contributed by atoms with van der Waals surface area (Å²) in [6.07, 6.45) is 1.06. The number of pyridine rings is 1. The first-order valence-corrected chi connectivity index (χ1v) is 5.07. The van der Waals surface area contributed by atoms with Gasteiger partial charge in [-0.25, -0.2) is 9.78 Å². The molecule has 0 radical (unpaired) electrons. The highest BCUT2D eigenvalue weighted by atomic mass is 19.1. The fraction of sp³-hybridized carbons (Fsp3) is 0.364. The van der Waals surface area contributed by atoms with E-state index in [2.05, 4.69) is 10.3 Å². The van der Waals surface area contributed by atoms with Crippen molar-refractivity contribution < 1.29 is 19.1 Å². The van der Waals surface area contributed by atoms with Gasteiger partial charge in [-0.3, -0.25) is 4.79 Å². The van der Waals surface area contributed by atoms with Crippen molar-refractivity contribution >= 4 is 11.9 Å². The number of hydrogen-bond donors (Lipinski definition) is 2. The van der Waals surface area contributed by atoms with E-state index in [1.165, 1.54) is 6.07 Å². The van der Waals surface area contributed by atoms with Crippen molar-refractivity contribution in [1.82, 2.24) is 10.3 Å². The van der Waals surface area contributed by atoms with Crippen molar-refractivity contribution in [3.05, 3.63) is 29.8 Å². The van der Waals surface area contributed by atoms with Gasteiger partial charge >= 0.3 is 5.97 Å². The van der Waals surface area contributed by atoms with Crippen LogP contribution < -0.4 is 5.32 Å². The van der Waals surface area contributed by atoms with E-state index in [1.54, 1.807) is 13.8 Å². The molecule has 1 rings (SSSR count). The predicted molar refractivity (Wildman–Crippen MR) is 57.9 cm³/mol. The zero-order chi connectivity index (χ0) is 13.0. The van der Waals surface area contributed by atoms with Crippen LogP contribution >= 0.6 is 0 Å². The molecule has 1 amide bonds. The number of nitrogens with zero attached hydrogens (tertiary/aromatic N) is 1. The molecule has 0 saturated heterocycles.